The lowest BCUT2D eigenvalue weighted by molar-refractivity contribution is -0.115. The maximum atomic E-state index is 13.1. The Morgan fingerprint density at radius 2 is 1.67 bits per heavy atom. The van der Waals surface area contributed by atoms with E-state index in [4.69, 9.17) is 0 Å². The van der Waals surface area contributed by atoms with Gasteiger partial charge in [0.15, 0.2) is 5.16 Å². The SMILES string of the molecule is O=C(CCSc1nc2ccccc2c(=O)n1-c1ccccc1)Nc1ccc(F)cc1. The third-order valence-electron chi connectivity index (χ3n) is 4.45. The van der Waals surface area contributed by atoms with E-state index in [-0.39, 0.29) is 23.7 Å². The number of aromatic nitrogens is 2. The van der Waals surface area contributed by atoms with Crippen LogP contribution in [0.1, 0.15) is 6.42 Å². The summed E-state index contributed by atoms with van der Waals surface area (Å²) in [4.78, 5) is 30.0. The summed E-state index contributed by atoms with van der Waals surface area (Å²) in [6, 6.07) is 22.1. The summed E-state index contributed by atoms with van der Waals surface area (Å²) < 4.78 is 14.6. The first kappa shape index (κ1) is 19.8. The van der Waals surface area contributed by atoms with Gasteiger partial charge < -0.3 is 5.32 Å². The Labute approximate surface area is 176 Å². The van der Waals surface area contributed by atoms with Gasteiger partial charge in [0.05, 0.1) is 16.6 Å². The lowest BCUT2D eigenvalue weighted by atomic mass is 10.2. The smallest absolute Gasteiger partial charge is 0.266 e. The molecule has 30 heavy (non-hydrogen) atoms. The highest BCUT2D eigenvalue weighted by Gasteiger charge is 2.13. The fraction of sp³-hybridized carbons (Fsp3) is 0.0870. The van der Waals surface area contributed by atoms with Gasteiger partial charge in [0.25, 0.3) is 5.56 Å². The van der Waals surface area contributed by atoms with Crippen molar-refractivity contribution in [2.24, 2.45) is 0 Å². The van der Waals surface area contributed by atoms with Gasteiger partial charge in [-0.3, -0.25) is 14.2 Å². The molecule has 0 spiro atoms. The molecule has 0 fully saturated rings. The molecule has 1 heterocycles. The second-order valence-corrected chi connectivity index (χ2v) is 7.60. The number of rotatable bonds is 6. The fourth-order valence-corrected chi connectivity index (χ4v) is 3.96. The van der Waals surface area contributed by atoms with Crippen molar-refractivity contribution in [2.45, 2.75) is 11.6 Å². The lowest BCUT2D eigenvalue weighted by Crippen LogP contribution is -2.22. The Hall–Kier alpha value is -3.45. The van der Waals surface area contributed by atoms with Gasteiger partial charge >= 0.3 is 0 Å². The fourth-order valence-electron chi connectivity index (χ4n) is 3.01. The maximum Gasteiger partial charge on any atom is 0.266 e. The molecule has 1 aromatic heterocycles. The minimum Gasteiger partial charge on any atom is -0.326 e. The van der Waals surface area contributed by atoms with Gasteiger partial charge in [-0.2, -0.15) is 0 Å². The summed E-state index contributed by atoms with van der Waals surface area (Å²) in [5.41, 5.74) is 1.73. The number of hydrogen-bond donors (Lipinski definition) is 1. The first-order valence-electron chi connectivity index (χ1n) is 9.37. The molecule has 1 amide bonds. The van der Waals surface area contributed by atoms with Crippen molar-refractivity contribution in [1.29, 1.82) is 0 Å². The van der Waals surface area contributed by atoms with Gasteiger partial charge in [-0.1, -0.05) is 42.1 Å². The summed E-state index contributed by atoms with van der Waals surface area (Å²) in [5.74, 6) is -0.113. The van der Waals surface area contributed by atoms with Crippen LogP contribution in [0, 0.1) is 5.82 Å². The third-order valence-corrected chi connectivity index (χ3v) is 5.39. The van der Waals surface area contributed by atoms with Crippen molar-refractivity contribution in [3.63, 3.8) is 0 Å². The van der Waals surface area contributed by atoms with E-state index >= 15 is 0 Å². The van der Waals surface area contributed by atoms with Crippen LogP contribution in [0.3, 0.4) is 0 Å². The second kappa shape index (κ2) is 8.92. The molecule has 0 aliphatic carbocycles. The average Bonchev–Trinajstić information content (AvgIpc) is 2.76. The minimum atomic E-state index is -0.357. The van der Waals surface area contributed by atoms with E-state index in [1.54, 1.807) is 16.7 Å². The monoisotopic (exact) mass is 419 g/mol. The van der Waals surface area contributed by atoms with Crippen LogP contribution in [0.15, 0.2) is 88.8 Å². The van der Waals surface area contributed by atoms with Crippen LogP contribution in [0.2, 0.25) is 0 Å². The van der Waals surface area contributed by atoms with E-state index in [0.717, 1.165) is 5.69 Å². The summed E-state index contributed by atoms with van der Waals surface area (Å²) >= 11 is 1.34. The molecule has 1 N–H and O–H groups in total. The molecule has 0 unspecified atom stereocenters. The largest absolute Gasteiger partial charge is 0.326 e. The second-order valence-electron chi connectivity index (χ2n) is 6.54. The lowest BCUT2D eigenvalue weighted by Gasteiger charge is -2.13. The van der Waals surface area contributed by atoms with Gasteiger partial charge in [-0.05, 0) is 48.5 Å². The van der Waals surface area contributed by atoms with Gasteiger partial charge in [-0.15, -0.1) is 0 Å². The predicted molar refractivity (Wildman–Crippen MR) is 118 cm³/mol. The highest BCUT2D eigenvalue weighted by atomic mass is 32.2. The highest BCUT2D eigenvalue weighted by Crippen LogP contribution is 2.22. The Balaban J connectivity index is 1.55. The number of halogens is 1. The zero-order valence-electron chi connectivity index (χ0n) is 15.9. The van der Waals surface area contributed by atoms with Gasteiger partial charge in [0.1, 0.15) is 5.82 Å². The number of hydrogen-bond acceptors (Lipinski definition) is 4. The molecular weight excluding hydrogens is 401 g/mol. The summed E-state index contributed by atoms with van der Waals surface area (Å²) in [5, 5.41) is 3.80. The first-order chi connectivity index (χ1) is 14.6. The number of carbonyl (C=O) groups excluding carboxylic acids is 1. The molecule has 0 saturated heterocycles. The summed E-state index contributed by atoms with van der Waals surface area (Å²) in [7, 11) is 0. The zero-order valence-corrected chi connectivity index (χ0v) is 16.7. The van der Waals surface area contributed by atoms with Crippen LogP contribution in [0.5, 0.6) is 0 Å². The van der Waals surface area contributed by atoms with E-state index in [1.165, 1.54) is 36.0 Å². The Morgan fingerprint density at radius 1 is 0.967 bits per heavy atom. The van der Waals surface area contributed by atoms with Gasteiger partial charge in [-0.25, -0.2) is 9.37 Å². The summed E-state index contributed by atoms with van der Waals surface area (Å²) in [6.45, 7) is 0. The van der Waals surface area contributed by atoms with Crippen molar-refractivity contribution >= 4 is 34.3 Å². The van der Waals surface area contributed by atoms with Crippen molar-refractivity contribution in [3.05, 3.63) is 95.0 Å². The molecule has 0 bridgehead atoms. The van der Waals surface area contributed by atoms with E-state index < -0.39 is 0 Å². The number of nitrogens with zero attached hydrogens (tertiary/aromatic N) is 2. The molecule has 7 heteroatoms. The maximum absolute atomic E-state index is 13.1. The number of thioether (sulfide) groups is 1. The minimum absolute atomic E-state index is 0.148. The molecule has 4 rings (SSSR count). The van der Waals surface area contributed by atoms with Crippen LogP contribution in [-0.2, 0) is 4.79 Å². The average molecular weight is 419 g/mol. The van der Waals surface area contributed by atoms with Gasteiger partial charge in [0.2, 0.25) is 5.91 Å². The van der Waals surface area contributed by atoms with Crippen LogP contribution >= 0.6 is 11.8 Å². The number of amides is 1. The standard InChI is InChI=1S/C23H18FN3O2S/c24-16-10-12-17(13-11-16)25-21(28)14-15-30-23-26-20-9-5-4-8-19(20)22(29)27(23)18-6-2-1-3-7-18/h1-13H,14-15H2,(H,25,28). The predicted octanol–water partition coefficient (Wildman–Crippen LogP) is 4.65. The normalized spacial score (nSPS) is 10.8. The quantitative estimate of drug-likeness (QED) is 0.365. The van der Waals surface area contributed by atoms with E-state index in [9.17, 15) is 14.0 Å². The zero-order chi connectivity index (χ0) is 20.9. The first-order valence-corrected chi connectivity index (χ1v) is 10.4. The van der Waals surface area contributed by atoms with Gasteiger partial charge in [0, 0.05) is 17.9 Å². The number of fused-ring (bicyclic) bond motifs is 1. The molecule has 0 saturated carbocycles. The molecule has 0 aliphatic heterocycles. The van der Waals surface area contributed by atoms with Crippen LogP contribution in [0.4, 0.5) is 10.1 Å². The van der Waals surface area contributed by atoms with E-state index in [2.05, 4.69) is 10.3 Å². The number of benzene rings is 3. The number of carbonyl (C=O) groups is 1. The summed E-state index contributed by atoms with van der Waals surface area (Å²) in [6.07, 6.45) is 0.222. The molecule has 150 valence electrons. The number of para-hydroxylation sites is 2. The van der Waals surface area contributed by atoms with Crippen molar-refractivity contribution in [2.75, 3.05) is 11.1 Å². The van der Waals surface area contributed by atoms with Crippen LogP contribution in [0.25, 0.3) is 16.6 Å². The van der Waals surface area contributed by atoms with E-state index in [0.29, 0.717) is 27.5 Å². The number of nitrogens with one attached hydrogen (secondary N) is 1. The molecular formula is C23H18FN3O2S. The Morgan fingerprint density at radius 3 is 2.43 bits per heavy atom. The number of anilines is 1. The third kappa shape index (κ3) is 4.41. The molecule has 0 atom stereocenters. The molecule has 4 aromatic rings. The van der Waals surface area contributed by atoms with Crippen molar-refractivity contribution < 1.29 is 9.18 Å². The Kier molecular flexibility index (Phi) is 5.90. The van der Waals surface area contributed by atoms with Crippen molar-refractivity contribution in [3.8, 4) is 5.69 Å². The van der Waals surface area contributed by atoms with Crippen LogP contribution < -0.4 is 10.9 Å². The Bertz CT molecular complexity index is 1240. The molecule has 3 aromatic carbocycles. The topological polar surface area (TPSA) is 64.0 Å². The molecule has 5 nitrogen and oxygen atoms in total. The van der Waals surface area contributed by atoms with E-state index in [1.807, 2.05) is 42.5 Å². The molecule has 0 aliphatic rings. The highest BCUT2D eigenvalue weighted by molar-refractivity contribution is 7.99. The molecule has 0 radical (unpaired) electrons. The van der Waals surface area contributed by atoms with Crippen molar-refractivity contribution in [1.82, 2.24) is 9.55 Å². The van der Waals surface area contributed by atoms with Crippen LogP contribution in [-0.4, -0.2) is 21.2 Å².